The van der Waals surface area contributed by atoms with Crippen molar-refractivity contribution in [2.75, 3.05) is 0 Å². The minimum atomic E-state index is -0.640. The Kier molecular flexibility index (Phi) is 2.85. The van der Waals surface area contributed by atoms with Crippen molar-refractivity contribution in [1.82, 2.24) is 19.8 Å². The van der Waals surface area contributed by atoms with E-state index in [1.54, 1.807) is 0 Å². The molecular weight excluding hydrogens is 256 g/mol. The maximum atomic E-state index is 12.3. The maximum Gasteiger partial charge on any atom is 0.249 e. The van der Waals surface area contributed by atoms with Gasteiger partial charge in [-0.15, -0.1) is 0 Å². The molecule has 0 spiro atoms. The van der Waals surface area contributed by atoms with Crippen LogP contribution >= 0.6 is 0 Å². The molecule has 0 bridgehead atoms. The molecule has 6 nitrogen and oxygen atoms in total. The van der Waals surface area contributed by atoms with Crippen LogP contribution in [0.15, 0.2) is 36.7 Å². The first-order valence-corrected chi connectivity index (χ1v) is 6.41. The monoisotopic (exact) mass is 272 g/mol. The van der Waals surface area contributed by atoms with Crippen LogP contribution < -0.4 is 10.6 Å². The van der Waals surface area contributed by atoms with Gasteiger partial charge in [0.25, 0.3) is 0 Å². The van der Waals surface area contributed by atoms with Gasteiger partial charge in [-0.2, -0.15) is 0 Å². The summed E-state index contributed by atoms with van der Waals surface area (Å²) in [6.07, 6.45) is 3.69. The summed E-state index contributed by atoms with van der Waals surface area (Å²) in [7, 11) is 3.69. The molecule has 3 heterocycles. The largest absolute Gasteiger partial charge is 0.352 e. The Morgan fingerprint density at radius 2 is 1.25 bits per heavy atom. The van der Waals surface area contributed by atoms with Crippen LogP contribution in [0.3, 0.4) is 0 Å². The molecular formula is C14H16N4O2. The number of aromatic nitrogens is 2. The van der Waals surface area contributed by atoms with Gasteiger partial charge in [0.15, 0.2) is 0 Å². The van der Waals surface area contributed by atoms with E-state index in [1.165, 1.54) is 0 Å². The predicted octanol–water partition coefficient (Wildman–Crippen LogP) is 0.392. The van der Waals surface area contributed by atoms with E-state index in [0.717, 1.165) is 11.4 Å². The number of nitrogens with one attached hydrogen (secondary N) is 2. The number of rotatable bonds is 2. The van der Waals surface area contributed by atoms with Gasteiger partial charge in [0.2, 0.25) is 11.8 Å². The second-order valence-corrected chi connectivity index (χ2v) is 4.97. The number of amides is 2. The molecule has 2 aromatic heterocycles. The summed E-state index contributed by atoms with van der Waals surface area (Å²) in [5.41, 5.74) is 1.53. The zero-order valence-corrected chi connectivity index (χ0v) is 11.3. The number of carbonyl (C=O) groups excluding carboxylic acids is 2. The summed E-state index contributed by atoms with van der Waals surface area (Å²) >= 11 is 0. The Labute approximate surface area is 116 Å². The normalized spacial score (nSPS) is 22.5. The predicted molar refractivity (Wildman–Crippen MR) is 72.6 cm³/mol. The number of aryl methyl sites for hydroxylation is 2. The topological polar surface area (TPSA) is 68.1 Å². The van der Waals surface area contributed by atoms with Crippen LogP contribution in [0.25, 0.3) is 0 Å². The lowest BCUT2D eigenvalue weighted by molar-refractivity contribution is -0.137. The Bertz CT molecular complexity index is 612. The van der Waals surface area contributed by atoms with E-state index in [4.69, 9.17) is 0 Å². The number of nitrogens with zero attached hydrogens (tertiary/aromatic N) is 2. The molecule has 1 saturated heterocycles. The third kappa shape index (κ3) is 1.89. The van der Waals surface area contributed by atoms with Crippen molar-refractivity contribution in [3.63, 3.8) is 0 Å². The lowest BCUT2D eigenvalue weighted by Gasteiger charge is -2.30. The molecule has 1 aliphatic heterocycles. The maximum absolute atomic E-state index is 12.3. The summed E-state index contributed by atoms with van der Waals surface area (Å²) in [5, 5.41) is 5.58. The van der Waals surface area contributed by atoms with Gasteiger partial charge in [-0.05, 0) is 24.3 Å². The lowest BCUT2D eigenvalue weighted by Crippen LogP contribution is -2.53. The van der Waals surface area contributed by atoms with E-state index in [1.807, 2.05) is 59.9 Å². The zero-order chi connectivity index (χ0) is 14.3. The molecule has 0 unspecified atom stereocenters. The summed E-state index contributed by atoms with van der Waals surface area (Å²) in [5.74, 6) is -0.393. The highest BCUT2D eigenvalue weighted by Gasteiger charge is 2.37. The molecule has 2 N–H and O–H groups in total. The van der Waals surface area contributed by atoms with Crippen LogP contribution in [-0.2, 0) is 23.7 Å². The Morgan fingerprint density at radius 3 is 1.55 bits per heavy atom. The van der Waals surface area contributed by atoms with Crippen molar-refractivity contribution < 1.29 is 9.59 Å². The molecule has 20 heavy (non-hydrogen) atoms. The molecule has 104 valence electrons. The third-order valence-corrected chi connectivity index (χ3v) is 3.66. The van der Waals surface area contributed by atoms with Crippen molar-refractivity contribution in [2.45, 2.75) is 12.1 Å². The highest BCUT2D eigenvalue weighted by atomic mass is 16.2. The summed E-state index contributed by atoms with van der Waals surface area (Å²) in [6, 6.07) is 6.06. The minimum Gasteiger partial charge on any atom is -0.352 e. The fourth-order valence-corrected chi connectivity index (χ4v) is 2.55. The standard InChI is InChI=1S/C14H16N4O2/c1-17-7-3-5-9(17)11-13(19)16-12(14(20)15-11)10-6-4-8-18(10)2/h3-8,11-12H,1-2H3,(H,15,20)(H,16,19)/t11-,12-/m1/s1. The van der Waals surface area contributed by atoms with Crippen LogP contribution in [-0.4, -0.2) is 20.9 Å². The lowest BCUT2D eigenvalue weighted by atomic mass is 10.1. The van der Waals surface area contributed by atoms with E-state index >= 15 is 0 Å². The van der Waals surface area contributed by atoms with Gasteiger partial charge in [-0.1, -0.05) is 0 Å². The minimum absolute atomic E-state index is 0.197. The third-order valence-electron chi connectivity index (χ3n) is 3.66. The summed E-state index contributed by atoms with van der Waals surface area (Å²) in [6.45, 7) is 0. The van der Waals surface area contributed by atoms with Crippen LogP contribution in [0.2, 0.25) is 0 Å². The molecule has 2 aromatic rings. The molecule has 2 amide bonds. The molecule has 0 aliphatic carbocycles. The van der Waals surface area contributed by atoms with Crippen molar-refractivity contribution in [1.29, 1.82) is 0 Å². The Hall–Kier alpha value is -2.50. The number of hydrogen-bond donors (Lipinski definition) is 2. The average Bonchev–Trinajstić information content (AvgIpc) is 3.01. The number of piperazine rings is 1. The average molecular weight is 272 g/mol. The second kappa shape index (κ2) is 4.56. The second-order valence-electron chi connectivity index (χ2n) is 4.97. The van der Waals surface area contributed by atoms with Crippen LogP contribution in [0.1, 0.15) is 23.5 Å². The molecule has 0 saturated carbocycles. The zero-order valence-electron chi connectivity index (χ0n) is 11.3. The van der Waals surface area contributed by atoms with Crippen LogP contribution in [0.4, 0.5) is 0 Å². The SMILES string of the molecule is Cn1cccc1[C@H]1NC(=O)[C@@H](c2cccn2C)NC1=O. The van der Waals surface area contributed by atoms with Gasteiger partial charge in [0, 0.05) is 37.9 Å². The van der Waals surface area contributed by atoms with Crippen molar-refractivity contribution in [3.05, 3.63) is 48.0 Å². The highest BCUT2D eigenvalue weighted by Crippen LogP contribution is 2.23. The van der Waals surface area contributed by atoms with Gasteiger partial charge in [-0.3, -0.25) is 9.59 Å². The first-order valence-electron chi connectivity index (χ1n) is 6.41. The van der Waals surface area contributed by atoms with Crippen LogP contribution in [0.5, 0.6) is 0 Å². The van der Waals surface area contributed by atoms with E-state index in [2.05, 4.69) is 10.6 Å². The van der Waals surface area contributed by atoms with Crippen molar-refractivity contribution >= 4 is 11.8 Å². The first-order chi connectivity index (χ1) is 9.58. The highest BCUT2D eigenvalue weighted by molar-refractivity contribution is 5.97. The van der Waals surface area contributed by atoms with Gasteiger partial charge in [0.1, 0.15) is 12.1 Å². The van der Waals surface area contributed by atoms with Crippen molar-refractivity contribution in [2.24, 2.45) is 14.1 Å². The molecule has 3 rings (SSSR count). The van der Waals surface area contributed by atoms with Gasteiger partial charge >= 0.3 is 0 Å². The first kappa shape index (κ1) is 12.5. The van der Waals surface area contributed by atoms with Crippen molar-refractivity contribution in [3.8, 4) is 0 Å². The fraction of sp³-hybridized carbons (Fsp3) is 0.286. The van der Waals surface area contributed by atoms with E-state index in [9.17, 15) is 9.59 Å². The fourth-order valence-electron chi connectivity index (χ4n) is 2.55. The molecule has 0 aromatic carbocycles. The van der Waals surface area contributed by atoms with Crippen LogP contribution in [0, 0.1) is 0 Å². The summed E-state index contributed by atoms with van der Waals surface area (Å²) < 4.78 is 3.65. The molecule has 1 aliphatic rings. The summed E-state index contributed by atoms with van der Waals surface area (Å²) in [4.78, 5) is 24.5. The molecule has 6 heteroatoms. The molecule has 2 atom stereocenters. The molecule has 0 radical (unpaired) electrons. The van der Waals surface area contributed by atoms with Gasteiger partial charge < -0.3 is 19.8 Å². The number of carbonyl (C=O) groups is 2. The Balaban J connectivity index is 1.87. The quantitative estimate of drug-likeness (QED) is 0.830. The van der Waals surface area contributed by atoms with Gasteiger partial charge in [-0.25, -0.2) is 0 Å². The Morgan fingerprint density at radius 1 is 0.850 bits per heavy atom. The van der Waals surface area contributed by atoms with E-state index < -0.39 is 12.1 Å². The van der Waals surface area contributed by atoms with E-state index in [0.29, 0.717) is 0 Å². The number of hydrogen-bond acceptors (Lipinski definition) is 2. The van der Waals surface area contributed by atoms with Gasteiger partial charge in [0.05, 0.1) is 0 Å². The molecule has 1 fully saturated rings. The van der Waals surface area contributed by atoms with E-state index in [-0.39, 0.29) is 11.8 Å². The smallest absolute Gasteiger partial charge is 0.249 e.